The zero-order valence-corrected chi connectivity index (χ0v) is 13.9. The highest BCUT2D eigenvalue weighted by Crippen LogP contribution is 2.11. The molecule has 0 aromatic carbocycles. The van der Waals surface area contributed by atoms with Gasteiger partial charge in [-0.2, -0.15) is 0 Å². The zero-order valence-electron chi connectivity index (χ0n) is 13.9. The zero-order chi connectivity index (χ0) is 15.9. The number of nitrogens with zero attached hydrogens (tertiary/aromatic N) is 2. The maximum Gasteiger partial charge on any atom is 0.239 e. The standard InChI is InChI=1S/C16H28N4O/c1-6-17-15(21)12-20(7-2)14-9-8-13(10-18-14)11-19-16(3,4)5/h8-10,19H,6-7,11-12H2,1-5H3,(H,17,21). The minimum atomic E-state index is 0.0274. The number of nitrogens with one attached hydrogen (secondary N) is 2. The first-order chi connectivity index (χ1) is 9.85. The van der Waals surface area contributed by atoms with Gasteiger partial charge in [-0.15, -0.1) is 0 Å². The summed E-state index contributed by atoms with van der Waals surface area (Å²) < 4.78 is 0. The molecule has 0 bridgehead atoms. The van der Waals surface area contributed by atoms with Gasteiger partial charge in [0.1, 0.15) is 5.82 Å². The molecule has 118 valence electrons. The lowest BCUT2D eigenvalue weighted by atomic mass is 10.1. The normalized spacial score (nSPS) is 11.3. The number of amides is 1. The number of aromatic nitrogens is 1. The van der Waals surface area contributed by atoms with Crippen molar-refractivity contribution in [3.63, 3.8) is 0 Å². The van der Waals surface area contributed by atoms with E-state index in [9.17, 15) is 4.79 Å². The second kappa shape index (κ2) is 7.98. The molecule has 2 N–H and O–H groups in total. The van der Waals surface area contributed by atoms with Crippen molar-refractivity contribution >= 4 is 11.7 Å². The van der Waals surface area contributed by atoms with Gasteiger partial charge in [0.2, 0.25) is 5.91 Å². The molecule has 1 rings (SSSR count). The van der Waals surface area contributed by atoms with E-state index in [-0.39, 0.29) is 11.4 Å². The van der Waals surface area contributed by atoms with Crippen molar-refractivity contribution < 1.29 is 4.79 Å². The van der Waals surface area contributed by atoms with Gasteiger partial charge in [0, 0.05) is 31.4 Å². The third-order valence-electron chi connectivity index (χ3n) is 3.05. The Hall–Kier alpha value is -1.62. The monoisotopic (exact) mass is 292 g/mol. The lowest BCUT2D eigenvalue weighted by Gasteiger charge is -2.22. The minimum Gasteiger partial charge on any atom is -0.355 e. The second-order valence-electron chi connectivity index (χ2n) is 6.10. The van der Waals surface area contributed by atoms with Crippen LogP contribution in [-0.2, 0) is 11.3 Å². The molecule has 1 amide bonds. The summed E-state index contributed by atoms with van der Waals surface area (Å²) in [7, 11) is 0. The van der Waals surface area contributed by atoms with E-state index in [0.29, 0.717) is 13.1 Å². The molecule has 5 heteroatoms. The fourth-order valence-corrected chi connectivity index (χ4v) is 1.86. The largest absolute Gasteiger partial charge is 0.355 e. The van der Waals surface area contributed by atoms with Gasteiger partial charge >= 0.3 is 0 Å². The summed E-state index contributed by atoms with van der Waals surface area (Å²) in [5.41, 5.74) is 1.23. The summed E-state index contributed by atoms with van der Waals surface area (Å²) in [4.78, 5) is 18.1. The molecule has 0 aliphatic heterocycles. The number of rotatable bonds is 7. The summed E-state index contributed by atoms with van der Waals surface area (Å²) >= 11 is 0. The second-order valence-corrected chi connectivity index (χ2v) is 6.10. The summed E-state index contributed by atoms with van der Waals surface area (Å²) in [6.45, 7) is 12.9. The molecular formula is C16H28N4O. The predicted molar refractivity (Wildman–Crippen MR) is 87.4 cm³/mol. The van der Waals surface area contributed by atoms with Crippen molar-refractivity contribution in [3.8, 4) is 0 Å². The Kier molecular flexibility index (Phi) is 6.62. The molecule has 1 aromatic rings. The Morgan fingerprint density at radius 2 is 2.00 bits per heavy atom. The van der Waals surface area contributed by atoms with Gasteiger partial charge in [-0.25, -0.2) is 4.98 Å². The number of hydrogen-bond donors (Lipinski definition) is 2. The summed E-state index contributed by atoms with van der Waals surface area (Å²) in [5, 5.41) is 6.24. The van der Waals surface area contributed by atoms with E-state index < -0.39 is 0 Å². The van der Waals surface area contributed by atoms with Crippen LogP contribution in [-0.4, -0.2) is 36.1 Å². The number of carbonyl (C=O) groups is 1. The Labute approximate surface area is 128 Å². The van der Waals surface area contributed by atoms with Crippen LogP contribution >= 0.6 is 0 Å². The average Bonchev–Trinajstić information content (AvgIpc) is 2.43. The molecule has 1 aromatic heterocycles. The van der Waals surface area contributed by atoms with Gasteiger partial charge in [0.05, 0.1) is 6.54 Å². The van der Waals surface area contributed by atoms with Crippen LogP contribution in [0, 0.1) is 0 Å². The average molecular weight is 292 g/mol. The Balaban J connectivity index is 2.64. The van der Waals surface area contributed by atoms with Gasteiger partial charge in [-0.05, 0) is 46.2 Å². The number of likely N-dealkylation sites (N-methyl/N-ethyl adjacent to an activating group) is 2. The molecule has 0 aliphatic rings. The van der Waals surface area contributed by atoms with Crippen LogP contribution in [0.25, 0.3) is 0 Å². The van der Waals surface area contributed by atoms with Gasteiger partial charge in [-0.3, -0.25) is 4.79 Å². The lowest BCUT2D eigenvalue weighted by Crippen LogP contribution is -2.37. The third-order valence-corrected chi connectivity index (χ3v) is 3.05. The minimum absolute atomic E-state index is 0.0274. The Morgan fingerprint density at radius 3 is 2.48 bits per heavy atom. The van der Waals surface area contributed by atoms with Crippen molar-refractivity contribution in [3.05, 3.63) is 23.9 Å². The number of pyridine rings is 1. The topological polar surface area (TPSA) is 57.3 Å². The molecule has 0 spiro atoms. The number of carbonyl (C=O) groups excluding carboxylic acids is 1. The molecule has 0 radical (unpaired) electrons. The van der Waals surface area contributed by atoms with Gasteiger partial charge in [-0.1, -0.05) is 6.07 Å². The molecule has 0 fully saturated rings. The Morgan fingerprint density at radius 1 is 1.29 bits per heavy atom. The van der Waals surface area contributed by atoms with Crippen molar-refractivity contribution in [2.45, 2.75) is 46.7 Å². The van der Waals surface area contributed by atoms with Crippen molar-refractivity contribution in [2.75, 3.05) is 24.5 Å². The van der Waals surface area contributed by atoms with Crippen LogP contribution in [0.15, 0.2) is 18.3 Å². The Bertz CT molecular complexity index is 437. The molecule has 0 saturated heterocycles. The first-order valence-corrected chi connectivity index (χ1v) is 7.57. The van der Waals surface area contributed by atoms with E-state index in [1.54, 1.807) is 0 Å². The van der Waals surface area contributed by atoms with Crippen molar-refractivity contribution in [2.24, 2.45) is 0 Å². The highest BCUT2D eigenvalue weighted by Gasteiger charge is 2.11. The van der Waals surface area contributed by atoms with E-state index in [2.05, 4.69) is 42.5 Å². The van der Waals surface area contributed by atoms with Crippen LogP contribution < -0.4 is 15.5 Å². The summed E-state index contributed by atoms with van der Waals surface area (Å²) in [6, 6.07) is 4.03. The van der Waals surface area contributed by atoms with Crippen LogP contribution in [0.3, 0.4) is 0 Å². The third kappa shape index (κ3) is 6.58. The molecule has 21 heavy (non-hydrogen) atoms. The highest BCUT2D eigenvalue weighted by molar-refractivity contribution is 5.80. The molecular weight excluding hydrogens is 264 g/mol. The fourth-order valence-electron chi connectivity index (χ4n) is 1.86. The maximum atomic E-state index is 11.7. The van der Waals surface area contributed by atoms with E-state index in [1.165, 1.54) is 0 Å². The lowest BCUT2D eigenvalue weighted by molar-refractivity contribution is -0.119. The first kappa shape index (κ1) is 17.4. The summed E-state index contributed by atoms with van der Waals surface area (Å²) in [5.74, 6) is 0.864. The van der Waals surface area contributed by atoms with Crippen LogP contribution in [0.1, 0.15) is 40.2 Å². The SMILES string of the molecule is CCNC(=O)CN(CC)c1ccc(CNC(C)(C)C)cn1. The number of hydrogen-bond acceptors (Lipinski definition) is 4. The first-order valence-electron chi connectivity index (χ1n) is 7.57. The molecule has 0 atom stereocenters. The highest BCUT2D eigenvalue weighted by atomic mass is 16.2. The fraction of sp³-hybridized carbons (Fsp3) is 0.625. The van der Waals surface area contributed by atoms with Crippen LogP contribution in [0.4, 0.5) is 5.82 Å². The molecule has 0 aliphatic carbocycles. The summed E-state index contributed by atoms with van der Waals surface area (Å²) in [6.07, 6.45) is 1.87. The van der Waals surface area contributed by atoms with Crippen molar-refractivity contribution in [1.82, 2.24) is 15.6 Å². The van der Waals surface area contributed by atoms with E-state index in [1.807, 2.05) is 31.0 Å². The quantitative estimate of drug-likeness (QED) is 0.806. The van der Waals surface area contributed by atoms with Crippen molar-refractivity contribution in [1.29, 1.82) is 0 Å². The van der Waals surface area contributed by atoms with E-state index in [0.717, 1.165) is 24.5 Å². The predicted octanol–water partition coefficient (Wildman–Crippen LogP) is 1.93. The van der Waals surface area contributed by atoms with E-state index in [4.69, 9.17) is 0 Å². The maximum absolute atomic E-state index is 11.7. The van der Waals surface area contributed by atoms with Crippen LogP contribution in [0.2, 0.25) is 0 Å². The number of anilines is 1. The molecule has 0 unspecified atom stereocenters. The molecule has 0 saturated carbocycles. The smallest absolute Gasteiger partial charge is 0.239 e. The molecule has 5 nitrogen and oxygen atoms in total. The van der Waals surface area contributed by atoms with E-state index >= 15 is 0 Å². The van der Waals surface area contributed by atoms with Crippen LogP contribution in [0.5, 0.6) is 0 Å². The van der Waals surface area contributed by atoms with Gasteiger partial charge < -0.3 is 15.5 Å². The van der Waals surface area contributed by atoms with Gasteiger partial charge in [0.25, 0.3) is 0 Å². The molecule has 1 heterocycles. The van der Waals surface area contributed by atoms with Gasteiger partial charge in [0.15, 0.2) is 0 Å².